The first-order valence-electron chi connectivity index (χ1n) is 10.7. The smallest absolute Gasteiger partial charge is 0.231 e. The fourth-order valence-electron chi connectivity index (χ4n) is 2.82. The predicted octanol–water partition coefficient (Wildman–Crippen LogP) is 7.08. The molecule has 0 amide bonds. The molecule has 0 heterocycles. The van der Waals surface area contributed by atoms with Gasteiger partial charge in [-0.25, -0.2) is 0 Å². The number of benzene rings is 2. The molecule has 4 heteroatoms. The standard InChI is InChI=1S/C27H36O4/c1-25(2,3)29-21-17-13-16-20(24(21)31-27(7,8)9)23(28)22(30-26(4,5)6)18-19-14-11-10-12-15-19/h10-18H,1-9H3. The molecular weight excluding hydrogens is 388 g/mol. The van der Waals surface area contributed by atoms with Crippen molar-refractivity contribution in [1.82, 2.24) is 0 Å². The van der Waals surface area contributed by atoms with Gasteiger partial charge in [0.05, 0.1) is 5.56 Å². The molecule has 0 aliphatic rings. The summed E-state index contributed by atoms with van der Waals surface area (Å²) in [4.78, 5) is 13.7. The topological polar surface area (TPSA) is 44.8 Å². The second-order valence-electron chi connectivity index (χ2n) is 10.5. The van der Waals surface area contributed by atoms with Crippen LogP contribution in [-0.2, 0) is 4.74 Å². The molecule has 0 fully saturated rings. The van der Waals surface area contributed by atoms with Crippen LogP contribution in [0.1, 0.15) is 78.2 Å². The highest BCUT2D eigenvalue weighted by Gasteiger charge is 2.28. The molecule has 2 rings (SSSR count). The number of carbonyl (C=O) groups is 1. The van der Waals surface area contributed by atoms with E-state index in [4.69, 9.17) is 14.2 Å². The Labute approximate surface area is 187 Å². The third-order valence-corrected chi connectivity index (χ3v) is 3.79. The molecule has 2 aromatic carbocycles. The maximum Gasteiger partial charge on any atom is 0.231 e. The molecule has 0 aliphatic heterocycles. The van der Waals surface area contributed by atoms with Crippen molar-refractivity contribution < 1.29 is 19.0 Å². The maximum atomic E-state index is 13.7. The molecule has 4 nitrogen and oxygen atoms in total. The Morgan fingerprint density at radius 2 is 1.29 bits per heavy atom. The van der Waals surface area contributed by atoms with Crippen LogP contribution in [0.5, 0.6) is 11.5 Å². The lowest BCUT2D eigenvalue weighted by Crippen LogP contribution is -2.28. The van der Waals surface area contributed by atoms with Crippen LogP contribution in [0.15, 0.2) is 54.3 Å². The first-order chi connectivity index (χ1) is 14.1. The molecule has 168 valence electrons. The zero-order chi connectivity index (χ0) is 23.4. The molecule has 0 N–H and O–H groups in total. The fourth-order valence-corrected chi connectivity index (χ4v) is 2.82. The minimum Gasteiger partial charge on any atom is -0.484 e. The van der Waals surface area contributed by atoms with Crippen molar-refractivity contribution in [3.63, 3.8) is 0 Å². The first kappa shape index (κ1) is 24.5. The third-order valence-electron chi connectivity index (χ3n) is 3.79. The average Bonchev–Trinajstić information content (AvgIpc) is 2.59. The van der Waals surface area contributed by atoms with Gasteiger partial charge in [-0.05, 0) is 86.1 Å². The summed E-state index contributed by atoms with van der Waals surface area (Å²) in [5, 5.41) is 0. The van der Waals surface area contributed by atoms with E-state index in [0.29, 0.717) is 17.1 Å². The van der Waals surface area contributed by atoms with Crippen LogP contribution in [0.4, 0.5) is 0 Å². The average molecular weight is 425 g/mol. The van der Waals surface area contributed by atoms with Crippen molar-refractivity contribution in [1.29, 1.82) is 0 Å². The molecule has 0 radical (unpaired) electrons. The summed E-state index contributed by atoms with van der Waals surface area (Å²) >= 11 is 0. The minimum atomic E-state index is -0.541. The number of ketones is 1. The lowest BCUT2D eigenvalue weighted by Gasteiger charge is -2.29. The van der Waals surface area contributed by atoms with E-state index >= 15 is 0 Å². The van der Waals surface area contributed by atoms with Gasteiger partial charge in [-0.3, -0.25) is 4.79 Å². The van der Waals surface area contributed by atoms with E-state index in [1.54, 1.807) is 18.2 Å². The maximum absolute atomic E-state index is 13.7. The highest BCUT2D eigenvalue weighted by molar-refractivity contribution is 6.12. The van der Waals surface area contributed by atoms with Gasteiger partial charge in [-0.2, -0.15) is 0 Å². The van der Waals surface area contributed by atoms with Crippen LogP contribution in [-0.4, -0.2) is 22.6 Å². The summed E-state index contributed by atoms with van der Waals surface area (Å²) in [6.45, 7) is 17.5. The van der Waals surface area contributed by atoms with Gasteiger partial charge in [0, 0.05) is 0 Å². The van der Waals surface area contributed by atoms with Crippen LogP contribution >= 0.6 is 0 Å². The molecule has 0 spiro atoms. The van der Waals surface area contributed by atoms with Gasteiger partial charge < -0.3 is 14.2 Å². The lowest BCUT2D eigenvalue weighted by atomic mass is 10.0. The number of carbonyl (C=O) groups excluding carboxylic acids is 1. The monoisotopic (exact) mass is 424 g/mol. The lowest BCUT2D eigenvalue weighted by molar-refractivity contribution is 0.0442. The van der Waals surface area contributed by atoms with Crippen LogP contribution < -0.4 is 9.47 Å². The van der Waals surface area contributed by atoms with Gasteiger partial charge in [-0.15, -0.1) is 0 Å². The SMILES string of the molecule is CC(C)(C)OC(=Cc1ccccc1)C(=O)c1cccc(OC(C)(C)C)c1OC(C)(C)C. The number of rotatable bonds is 6. The quantitative estimate of drug-likeness (QED) is 0.282. The van der Waals surface area contributed by atoms with Crippen molar-refractivity contribution in [2.24, 2.45) is 0 Å². The van der Waals surface area contributed by atoms with Crippen molar-refractivity contribution in [2.45, 2.75) is 79.1 Å². The zero-order valence-corrected chi connectivity index (χ0v) is 20.3. The largest absolute Gasteiger partial charge is 0.484 e. The highest BCUT2D eigenvalue weighted by atomic mass is 16.5. The van der Waals surface area contributed by atoms with Gasteiger partial charge in [-0.1, -0.05) is 36.4 Å². The first-order valence-corrected chi connectivity index (χ1v) is 10.7. The van der Waals surface area contributed by atoms with E-state index in [9.17, 15) is 4.79 Å². The Hall–Kier alpha value is -2.75. The molecule has 31 heavy (non-hydrogen) atoms. The molecule has 0 aliphatic carbocycles. The summed E-state index contributed by atoms with van der Waals surface area (Å²) in [5.41, 5.74) is -0.206. The molecule has 0 saturated heterocycles. The van der Waals surface area contributed by atoms with Crippen molar-refractivity contribution in [3.8, 4) is 11.5 Å². The van der Waals surface area contributed by atoms with E-state index in [2.05, 4.69) is 0 Å². The number of allylic oxidation sites excluding steroid dienone is 1. The summed E-state index contributed by atoms with van der Waals surface area (Å²) < 4.78 is 18.5. The van der Waals surface area contributed by atoms with E-state index in [-0.39, 0.29) is 11.5 Å². The van der Waals surface area contributed by atoms with Crippen molar-refractivity contribution in [3.05, 3.63) is 65.4 Å². The molecule has 0 aromatic heterocycles. The van der Waals surface area contributed by atoms with Crippen LogP contribution in [0.3, 0.4) is 0 Å². The Morgan fingerprint density at radius 3 is 1.81 bits per heavy atom. The van der Waals surface area contributed by atoms with Crippen LogP contribution in [0, 0.1) is 0 Å². The molecular formula is C27H36O4. The molecule has 0 saturated carbocycles. The van der Waals surface area contributed by atoms with Gasteiger partial charge >= 0.3 is 0 Å². The number of hydrogen-bond donors (Lipinski definition) is 0. The Kier molecular flexibility index (Phi) is 7.25. The van der Waals surface area contributed by atoms with Crippen LogP contribution in [0.2, 0.25) is 0 Å². The Morgan fingerprint density at radius 1 is 0.710 bits per heavy atom. The summed E-state index contributed by atoms with van der Waals surface area (Å²) in [5.74, 6) is 0.956. The van der Waals surface area contributed by atoms with E-state index in [1.807, 2.05) is 98.7 Å². The van der Waals surface area contributed by atoms with Gasteiger partial charge in [0.15, 0.2) is 17.3 Å². The zero-order valence-electron chi connectivity index (χ0n) is 20.3. The van der Waals surface area contributed by atoms with Crippen LogP contribution in [0.25, 0.3) is 6.08 Å². The van der Waals surface area contributed by atoms with Crippen molar-refractivity contribution in [2.75, 3.05) is 0 Å². The number of ether oxygens (including phenoxy) is 3. The summed E-state index contributed by atoms with van der Waals surface area (Å²) in [6, 6.07) is 15.1. The minimum absolute atomic E-state index is 0.252. The van der Waals surface area contributed by atoms with E-state index in [0.717, 1.165) is 5.56 Å². The molecule has 0 unspecified atom stereocenters. The number of Topliss-reactive ketones (excluding diaryl/α,β-unsaturated/α-hetero) is 1. The molecule has 0 atom stereocenters. The predicted molar refractivity (Wildman–Crippen MR) is 127 cm³/mol. The third kappa shape index (κ3) is 8.12. The van der Waals surface area contributed by atoms with Gasteiger partial charge in [0.2, 0.25) is 5.78 Å². The second kappa shape index (κ2) is 9.17. The van der Waals surface area contributed by atoms with E-state index in [1.165, 1.54) is 0 Å². The fraction of sp³-hybridized carbons (Fsp3) is 0.444. The number of para-hydroxylation sites is 1. The molecule has 0 bridgehead atoms. The summed E-state index contributed by atoms with van der Waals surface area (Å²) in [6.07, 6.45) is 1.77. The number of hydrogen-bond acceptors (Lipinski definition) is 4. The Balaban J connectivity index is 2.62. The summed E-state index contributed by atoms with van der Waals surface area (Å²) in [7, 11) is 0. The van der Waals surface area contributed by atoms with Crippen molar-refractivity contribution >= 4 is 11.9 Å². The Bertz CT molecular complexity index is 920. The second-order valence-corrected chi connectivity index (χ2v) is 10.5. The highest BCUT2D eigenvalue weighted by Crippen LogP contribution is 2.38. The molecule has 2 aromatic rings. The van der Waals surface area contributed by atoms with E-state index < -0.39 is 16.8 Å². The van der Waals surface area contributed by atoms with Gasteiger partial charge in [0.25, 0.3) is 0 Å². The van der Waals surface area contributed by atoms with Gasteiger partial charge in [0.1, 0.15) is 16.8 Å². The normalized spacial score (nSPS) is 13.0.